The maximum atomic E-state index is 13.5. The van der Waals surface area contributed by atoms with Crippen LogP contribution in [0.2, 0.25) is 0 Å². The Labute approximate surface area is 154 Å². The Kier molecular flexibility index (Phi) is 7.59. The molecule has 6 heteroatoms. The van der Waals surface area contributed by atoms with Crippen LogP contribution < -0.4 is 10.1 Å². The fourth-order valence-corrected chi connectivity index (χ4v) is 3.07. The van der Waals surface area contributed by atoms with Crippen molar-refractivity contribution in [3.63, 3.8) is 0 Å². The van der Waals surface area contributed by atoms with Gasteiger partial charge in [-0.15, -0.1) is 0 Å². The molecule has 0 heterocycles. The number of ether oxygens (including phenoxy) is 1. The summed E-state index contributed by atoms with van der Waals surface area (Å²) >= 11 is 4.93. The molecule has 0 aromatic heterocycles. The second-order valence-corrected chi connectivity index (χ2v) is 7.17. The van der Waals surface area contributed by atoms with Gasteiger partial charge in [0.25, 0.3) is 5.91 Å². The van der Waals surface area contributed by atoms with Crippen LogP contribution in [0.5, 0.6) is 5.75 Å². The molecule has 0 aliphatic rings. The van der Waals surface area contributed by atoms with E-state index in [1.807, 2.05) is 18.2 Å². The number of amides is 1. The Balaban J connectivity index is 1.65. The predicted molar refractivity (Wildman–Crippen MR) is 99.8 cm³/mol. The van der Waals surface area contributed by atoms with Crippen molar-refractivity contribution in [3.8, 4) is 5.75 Å². The van der Waals surface area contributed by atoms with Crippen LogP contribution in [0.4, 0.5) is 4.39 Å². The van der Waals surface area contributed by atoms with E-state index >= 15 is 0 Å². The Morgan fingerprint density at radius 1 is 1.25 bits per heavy atom. The molecular formula is C18H19BrFNO2S. The molecule has 2 aromatic carbocycles. The van der Waals surface area contributed by atoms with E-state index in [-0.39, 0.29) is 11.7 Å². The van der Waals surface area contributed by atoms with Gasteiger partial charge in [-0.2, -0.15) is 11.8 Å². The molecule has 0 saturated heterocycles. The van der Waals surface area contributed by atoms with Crippen LogP contribution in [0.15, 0.2) is 53.0 Å². The van der Waals surface area contributed by atoms with Gasteiger partial charge in [0.15, 0.2) is 6.10 Å². The number of benzene rings is 2. The van der Waals surface area contributed by atoms with Crippen LogP contribution in [0.3, 0.4) is 0 Å². The molecule has 2 aromatic rings. The minimum atomic E-state index is -0.567. The number of nitrogens with one attached hydrogen (secondary N) is 1. The highest BCUT2D eigenvalue weighted by atomic mass is 79.9. The van der Waals surface area contributed by atoms with E-state index in [0.717, 1.165) is 4.47 Å². The molecule has 1 amide bonds. The number of rotatable bonds is 8. The maximum Gasteiger partial charge on any atom is 0.260 e. The number of carbonyl (C=O) groups is 1. The van der Waals surface area contributed by atoms with E-state index in [9.17, 15) is 9.18 Å². The quantitative estimate of drug-likeness (QED) is 0.653. The van der Waals surface area contributed by atoms with Gasteiger partial charge in [0, 0.05) is 22.5 Å². The van der Waals surface area contributed by atoms with Gasteiger partial charge in [-0.3, -0.25) is 4.79 Å². The number of hydrogen-bond donors (Lipinski definition) is 1. The zero-order valence-electron chi connectivity index (χ0n) is 13.3. The summed E-state index contributed by atoms with van der Waals surface area (Å²) in [7, 11) is 0. The zero-order chi connectivity index (χ0) is 17.4. The van der Waals surface area contributed by atoms with E-state index in [1.165, 1.54) is 6.07 Å². The summed E-state index contributed by atoms with van der Waals surface area (Å²) in [6, 6.07) is 14.1. The van der Waals surface area contributed by atoms with Crippen molar-refractivity contribution < 1.29 is 13.9 Å². The lowest BCUT2D eigenvalue weighted by Crippen LogP contribution is -2.37. The minimum absolute atomic E-state index is 0.163. The van der Waals surface area contributed by atoms with Crippen LogP contribution in [0.25, 0.3) is 0 Å². The lowest BCUT2D eigenvalue weighted by atomic mass is 10.2. The minimum Gasteiger partial charge on any atom is -0.481 e. The van der Waals surface area contributed by atoms with Crippen molar-refractivity contribution in [2.24, 2.45) is 0 Å². The van der Waals surface area contributed by atoms with Crippen molar-refractivity contribution in [1.82, 2.24) is 5.32 Å². The van der Waals surface area contributed by atoms with E-state index in [4.69, 9.17) is 4.74 Å². The fraction of sp³-hybridized carbons (Fsp3) is 0.278. The van der Waals surface area contributed by atoms with Gasteiger partial charge in [-0.05, 0) is 42.8 Å². The summed E-state index contributed by atoms with van der Waals surface area (Å²) in [5, 5.41) is 2.83. The SMILES string of the molecule is C[C@H](Oc1ccc(Br)cc1)C(=O)NCCSCc1ccccc1F. The number of carbonyl (C=O) groups excluding carboxylic acids is 1. The Bertz CT molecular complexity index is 666. The van der Waals surface area contributed by atoms with Gasteiger partial charge in [-0.25, -0.2) is 4.39 Å². The van der Waals surface area contributed by atoms with Gasteiger partial charge < -0.3 is 10.1 Å². The summed E-state index contributed by atoms with van der Waals surface area (Å²) in [4.78, 5) is 12.0. The third kappa shape index (κ3) is 6.17. The molecule has 0 aliphatic carbocycles. The highest BCUT2D eigenvalue weighted by molar-refractivity contribution is 9.10. The second kappa shape index (κ2) is 9.69. The Morgan fingerprint density at radius 2 is 1.96 bits per heavy atom. The van der Waals surface area contributed by atoms with Crippen molar-refractivity contribution in [3.05, 3.63) is 64.4 Å². The smallest absolute Gasteiger partial charge is 0.260 e. The number of thioether (sulfide) groups is 1. The average Bonchev–Trinajstić information content (AvgIpc) is 2.58. The first-order chi connectivity index (χ1) is 11.6. The summed E-state index contributed by atoms with van der Waals surface area (Å²) in [6.45, 7) is 2.23. The molecule has 0 spiro atoms. The summed E-state index contributed by atoms with van der Waals surface area (Å²) in [5.41, 5.74) is 0.681. The lowest BCUT2D eigenvalue weighted by Gasteiger charge is -2.14. The van der Waals surface area contributed by atoms with Crippen molar-refractivity contribution in [1.29, 1.82) is 0 Å². The third-order valence-corrected chi connectivity index (χ3v) is 4.79. The maximum absolute atomic E-state index is 13.5. The third-order valence-electron chi connectivity index (χ3n) is 3.26. The van der Waals surface area contributed by atoms with Crippen LogP contribution >= 0.6 is 27.7 Å². The van der Waals surface area contributed by atoms with Crippen LogP contribution in [0.1, 0.15) is 12.5 Å². The molecular weight excluding hydrogens is 393 g/mol. The molecule has 0 radical (unpaired) electrons. The standard InChI is InChI=1S/C18H19BrFNO2S/c1-13(23-16-8-6-15(19)7-9-16)18(22)21-10-11-24-12-14-4-2-3-5-17(14)20/h2-9,13H,10-12H2,1H3,(H,21,22)/t13-/m0/s1. The molecule has 0 saturated carbocycles. The first-order valence-electron chi connectivity index (χ1n) is 7.57. The second-order valence-electron chi connectivity index (χ2n) is 5.15. The molecule has 0 unspecified atom stereocenters. The monoisotopic (exact) mass is 411 g/mol. The van der Waals surface area contributed by atoms with Gasteiger partial charge in [0.1, 0.15) is 11.6 Å². The van der Waals surface area contributed by atoms with Crippen LogP contribution in [0, 0.1) is 5.82 Å². The van der Waals surface area contributed by atoms with Gasteiger partial charge >= 0.3 is 0 Å². The van der Waals surface area contributed by atoms with Crippen molar-refractivity contribution in [2.75, 3.05) is 12.3 Å². The van der Waals surface area contributed by atoms with Gasteiger partial charge in [-0.1, -0.05) is 34.1 Å². The van der Waals surface area contributed by atoms with E-state index in [1.54, 1.807) is 43.0 Å². The molecule has 1 atom stereocenters. The lowest BCUT2D eigenvalue weighted by molar-refractivity contribution is -0.127. The first-order valence-corrected chi connectivity index (χ1v) is 9.52. The Hall–Kier alpha value is -1.53. The van der Waals surface area contributed by atoms with Gasteiger partial charge in [0.05, 0.1) is 0 Å². The zero-order valence-corrected chi connectivity index (χ0v) is 15.7. The molecule has 0 fully saturated rings. The Morgan fingerprint density at radius 3 is 2.67 bits per heavy atom. The summed E-state index contributed by atoms with van der Waals surface area (Å²) in [5.74, 6) is 1.60. The molecule has 2 rings (SSSR count). The fourth-order valence-electron chi connectivity index (χ4n) is 1.96. The number of hydrogen-bond acceptors (Lipinski definition) is 3. The highest BCUT2D eigenvalue weighted by Gasteiger charge is 2.13. The largest absolute Gasteiger partial charge is 0.481 e. The van der Waals surface area contributed by atoms with E-state index in [2.05, 4.69) is 21.2 Å². The number of halogens is 2. The average molecular weight is 412 g/mol. The topological polar surface area (TPSA) is 38.3 Å². The van der Waals surface area contributed by atoms with Crippen LogP contribution in [-0.4, -0.2) is 24.3 Å². The molecule has 1 N–H and O–H groups in total. The predicted octanol–water partition coefficient (Wildman–Crippen LogP) is 4.41. The molecule has 3 nitrogen and oxygen atoms in total. The first kappa shape index (κ1) is 18.8. The molecule has 24 heavy (non-hydrogen) atoms. The highest BCUT2D eigenvalue weighted by Crippen LogP contribution is 2.17. The van der Waals surface area contributed by atoms with Gasteiger partial charge in [0.2, 0.25) is 0 Å². The van der Waals surface area contributed by atoms with E-state index < -0.39 is 6.10 Å². The normalized spacial score (nSPS) is 11.8. The molecule has 0 aliphatic heterocycles. The van der Waals surface area contributed by atoms with E-state index in [0.29, 0.717) is 29.4 Å². The van der Waals surface area contributed by atoms with Crippen LogP contribution in [-0.2, 0) is 10.5 Å². The van der Waals surface area contributed by atoms with Crippen molar-refractivity contribution >= 4 is 33.6 Å². The molecule has 0 bridgehead atoms. The van der Waals surface area contributed by atoms with Crippen molar-refractivity contribution in [2.45, 2.75) is 18.8 Å². The summed E-state index contributed by atoms with van der Waals surface area (Å²) in [6.07, 6.45) is -0.567. The molecule has 128 valence electrons. The summed E-state index contributed by atoms with van der Waals surface area (Å²) < 4.78 is 20.0.